The Balaban J connectivity index is 2.50. The molecule has 1 aliphatic rings. The van der Waals surface area contributed by atoms with Crippen LogP contribution in [-0.4, -0.2) is 12.2 Å². The molecule has 1 aliphatic heterocycles. The molecular formula is C12H24O. The Bertz CT molecular complexity index is 151. The van der Waals surface area contributed by atoms with Gasteiger partial charge in [0.2, 0.25) is 0 Å². The Morgan fingerprint density at radius 2 is 1.85 bits per heavy atom. The summed E-state index contributed by atoms with van der Waals surface area (Å²) in [7, 11) is 0. The van der Waals surface area contributed by atoms with Gasteiger partial charge in [-0.15, -0.1) is 0 Å². The third-order valence-corrected chi connectivity index (χ3v) is 3.30. The van der Waals surface area contributed by atoms with Gasteiger partial charge in [-0.05, 0) is 37.5 Å². The van der Waals surface area contributed by atoms with Crippen molar-refractivity contribution in [3.63, 3.8) is 0 Å². The SMILES string of the molecule is CC(C)CC1O[C@H](C)C[C@@H](C)[C@@H]1C. The van der Waals surface area contributed by atoms with E-state index < -0.39 is 0 Å². The molecule has 0 aliphatic carbocycles. The molecule has 1 rings (SSSR count). The molecule has 78 valence electrons. The van der Waals surface area contributed by atoms with Crippen LogP contribution in [0.5, 0.6) is 0 Å². The van der Waals surface area contributed by atoms with Crippen LogP contribution in [0, 0.1) is 17.8 Å². The van der Waals surface area contributed by atoms with Crippen molar-refractivity contribution in [2.24, 2.45) is 17.8 Å². The standard InChI is InChI=1S/C12H24O/c1-8(2)6-12-11(5)9(3)7-10(4)13-12/h8-12H,6-7H2,1-5H3/t9-,10-,11+,12?/m1/s1. The quantitative estimate of drug-likeness (QED) is 0.638. The minimum absolute atomic E-state index is 0.468. The lowest BCUT2D eigenvalue weighted by Gasteiger charge is -2.38. The van der Waals surface area contributed by atoms with E-state index in [1.807, 2.05) is 0 Å². The van der Waals surface area contributed by atoms with Crippen molar-refractivity contribution in [2.45, 2.75) is 59.7 Å². The molecule has 1 heteroatoms. The molecule has 0 radical (unpaired) electrons. The lowest BCUT2D eigenvalue weighted by molar-refractivity contribution is -0.0999. The molecule has 4 atom stereocenters. The second-order valence-corrected chi connectivity index (χ2v) is 5.19. The first-order valence-electron chi connectivity index (χ1n) is 5.66. The van der Waals surface area contributed by atoms with E-state index in [-0.39, 0.29) is 0 Å². The van der Waals surface area contributed by atoms with Crippen molar-refractivity contribution < 1.29 is 4.74 Å². The van der Waals surface area contributed by atoms with Crippen LogP contribution in [-0.2, 0) is 4.74 Å². The molecule has 1 saturated heterocycles. The first kappa shape index (κ1) is 11.0. The monoisotopic (exact) mass is 184 g/mol. The van der Waals surface area contributed by atoms with Gasteiger partial charge in [-0.1, -0.05) is 27.7 Å². The van der Waals surface area contributed by atoms with E-state index in [4.69, 9.17) is 4.74 Å². The molecule has 0 bridgehead atoms. The van der Waals surface area contributed by atoms with Gasteiger partial charge in [0, 0.05) is 0 Å². The Morgan fingerprint density at radius 3 is 2.38 bits per heavy atom. The highest BCUT2D eigenvalue weighted by atomic mass is 16.5. The predicted molar refractivity (Wildman–Crippen MR) is 56.7 cm³/mol. The third kappa shape index (κ3) is 2.98. The molecular weight excluding hydrogens is 160 g/mol. The summed E-state index contributed by atoms with van der Waals surface area (Å²) in [4.78, 5) is 0. The van der Waals surface area contributed by atoms with Crippen molar-refractivity contribution in [1.29, 1.82) is 0 Å². The predicted octanol–water partition coefficient (Wildman–Crippen LogP) is 3.48. The van der Waals surface area contributed by atoms with Crippen molar-refractivity contribution in [2.75, 3.05) is 0 Å². The fourth-order valence-corrected chi connectivity index (χ4v) is 2.32. The van der Waals surface area contributed by atoms with Gasteiger partial charge in [0.25, 0.3) is 0 Å². The van der Waals surface area contributed by atoms with E-state index in [0.717, 1.165) is 17.8 Å². The van der Waals surface area contributed by atoms with Crippen LogP contribution in [0.2, 0.25) is 0 Å². The number of ether oxygens (including phenoxy) is 1. The van der Waals surface area contributed by atoms with Gasteiger partial charge in [-0.3, -0.25) is 0 Å². The van der Waals surface area contributed by atoms with Crippen molar-refractivity contribution >= 4 is 0 Å². The zero-order valence-corrected chi connectivity index (χ0v) is 9.71. The summed E-state index contributed by atoms with van der Waals surface area (Å²) in [5.41, 5.74) is 0. The molecule has 1 heterocycles. The Labute approximate surface area is 82.9 Å². The van der Waals surface area contributed by atoms with Gasteiger partial charge < -0.3 is 4.74 Å². The van der Waals surface area contributed by atoms with Gasteiger partial charge in [-0.25, -0.2) is 0 Å². The van der Waals surface area contributed by atoms with E-state index in [9.17, 15) is 0 Å². The first-order chi connectivity index (χ1) is 6.00. The minimum atomic E-state index is 0.468. The second-order valence-electron chi connectivity index (χ2n) is 5.19. The molecule has 0 aromatic carbocycles. The van der Waals surface area contributed by atoms with E-state index in [1.165, 1.54) is 12.8 Å². The van der Waals surface area contributed by atoms with Gasteiger partial charge in [0.1, 0.15) is 0 Å². The Kier molecular flexibility index (Phi) is 3.78. The summed E-state index contributed by atoms with van der Waals surface area (Å²) in [5, 5.41) is 0. The molecule has 0 amide bonds. The highest BCUT2D eigenvalue weighted by Crippen LogP contribution is 2.32. The number of hydrogen-bond donors (Lipinski definition) is 0. The molecule has 0 aromatic heterocycles. The van der Waals surface area contributed by atoms with E-state index in [0.29, 0.717) is 12.2 Å². The van der Waals surface area contributed by atoms with Crippen LogP contribution in [0.25, 0.3) is 0 Å². The maximum Gasteiger partial charge on any atom is 0.0609 e. The second kappa shape index (κ2) is 4.45. The molecule has 0 saturated carbocycles. The van der Waals surface area contributed by atoms with Gasteiger partial charge in [-0.2, -0.15) is 0 Å². The van der Waals surface area contributed by atoms with Crippen molar-refractivity contribution in [3.8, 4) is 0 Å². The Hall–Kier alpha value is -0.0400. The van der Waals surface area contributed by atoms with E-state index >= 15 is 0 Å². The van der Waals surface area contributed by atoms with Crippen LogP contribution in [0.4, 0.5) is 0 Å². The average molecular weight is 184 g/mol. The molecule has 1 unspecified atom stereocenters. The highest BCUT2D eigenvalue weighted by molar-refractivity contribution is 4.80. The van der Waals surface area contributed by atoms with E-state index in [2.05, 4.69) is 34.6 Å². The summed E-state index contributed by atoms with van der Waals surface area (Å²) in [6, 6.07) is 0. The maximum atomic E-state index is 5.98. The lowest BCUT2D eigenvalue weighted by atomic mass is 9.81. The Morgan fingerprint density at radius 1 is 1.23 bits per heavy atom. The van der Waals surface area contributed by atoms with Crippen LogP contribution in [0.1, 0.15) is 47.5 Å². The van der Waals surface area contributed by atoms with Crippen LogP contribution >= 0.6 is 0 Å². The topological polar surface area (TPSA) is 9.23 Å². The minimum Gasteiger partial charge on any atom is -0.375 e. The first-order valence-corrected chi connectivity index (χ1v) is 5.66. The number of rotatable bonds is 2. The number of hydrogen-bond acceptors (Lipinski definition) is 1. The van der Waals surface area contributed by atoms with E-state index in [1.54, 1.807) is 0 Å². The normalized spacial score (nSPS) is 41.1. The van der Waals surface area contributed by atoms with Crippen LogP contribution < -0.4 is 0 Å². The fourth-order valence-electron chi connectivity index (χ4n) is 2.32. The molecule has 1 nitrogen and oxygen atoms in total. The largest absolute Gasteiger partial charge is 0.375 e. The smallest absolute Gasteiger partial charge is 0.0609 e. The van der Waals surface area contributed by atoms with Crippen molar-refractivity contribution in [1.82, 2.24) is 0 Å². The zero-order valence-electron chi connectivity index (χ0n) is 9.71. The average Bonchev–Trinajstić information content (AvgIpc) is 1.98. The maximum absolute atomic E-state index is 5.98. The molecule has 1 fully saturated rings. The summed E-state index contributed by atoms with van der Waals surface area (Å²) < 4.78 is 5.98. The summed E-state index contributed by atoms with van der Waals surface area (Å²) in [6.07, 6.45) is 3.42. The molecule has 13 heavy (non-hydrogen) atoms. The molecule has 0 aromatic rings. The third-order valence-electron chi connectivity index (χ3n) is 3.30. The molecule has 0 spiro atoms. The fraction of sp³-hybridized carbons (Fsp3) is 1.00. The zero-order chi connectivity index (χ0) is 10.0. The van der Waals surface area contributed by atoms with Crippen molar-refractivity contribution in [3.05, 3.63) is 0 Å². The highest BCUT2D eigenvalue weighted by Gasteiger charge is 2.31. The van der Waals surface area contributed by atoms with Gasteiger partial charge in [0.15, 0.2) is 0 Å². The summed E-state index contributed by atoms with van der Waals surface area (Å²) >= 11 is 0. The lowest BCUT2D eigenvalue weighted by Crippen LogP contribution is -2.38. The summed E-state index contributed by atoms with van der Waals surface area (Å²) in [6.45, 7) is 11.5. The summed E-state index contributed by atoms with van der Waals surface area (Å²) in [5.74, 6) is 2.32. The van der Waals surface area contributed by atoms with Gasteiger partial charge in [0.05, 0.1) is 12.2 Å². The van der Waals surface area contributed by atoms with Crippen LogP contribution in [0.15, 0.2) is 0 Å². The van der Waals surface area contributed by atoms with Crippen LogP contribution in [0.3, 0.4) is 0 Å². The van der Waals surface area contributed by atoms with Gasteiger partial charge >= 0.3 is 0 Å². The molecule has 0 N–H and O–H groups in total.